The summed E-state index contributed by atoms with van der Waals surface area (Å²) in [4.78, 5) is 7.96. The van der Waals surface area contributed by atoms with E-state index in [1.807, 2.05) is 0 Å². The van der Waals surface area contributed by atoms with E-state index in [1.165, 1.54) is 0 Å². The molecule has 0 saturated heterocycles. The van der Waals surface area contributed by atoms with Crippen LogP contribution in [0.3, 0.4) is 0 Å². The van der Waals surface area contributed by atoms with Gasteiger partial charge in [0.2, 0.25) is 0 Å². The molecule has 0 fully saturated rings. The Hall–Kier alpha value is -1.16. The lowest BCUT2D eigenvalue weighted by molar-refractivity contribution is 0.129. The monoisotopic (exact) mass is 224 g/mol. The van der Waals surface area contributed by atoms with Gasteiger partial charge < -0.3 is 9.47 Å². The van der Waals surface area contributed by atoms with Gasteiger partial charge in [-0.3, -0.25) is 0 Å². The van der Waals surface area contributed by atoms with Crippen molar-refractivity contribution in [2.75, 3.05) is 19.8 Å². The maximum Gasteiger partial charge on any atom is 0.316 e. The van der Waals surface area contributed by atoms with Crippen LogP contribution in [0.1, 0.15) is 32.6 Å². The van der Waals surface area contributed by atoms with E-state index < -0.39 is 0 Å². The van der Waals surface area contributed by atoms with E-state index >= 15 is 0 Å². The minimum atomic E-state index is 0.463. The average molecular weight is 224 g/mol. The van der Waals surface area contributed by atoms with Crippen LogP contribution in [-0.4, -0.2) is 29.8 Å². The van der Waals surface area contributed by atoms with Crippen LogP contribution in [0.2, 0.25) is 0 Å². The largest absolute Gasteiger partial charge is 0.463 e. The van der Waals surface area contributed by atoms with Crippen LogP contribution < -0.4 is 4.74 Å². The first-order chi connectivity index (χ1) is 7.93. The Morgan fingerprint density at radius 1 is 1.00 bits per heavy atom. The Morgan fingerprint density at radius 3 is 2.50 bits per heavy atom. The van der Waals surface area contributed by atoms with Crippen molar-refractivity contribution in [1.29, 1.82) is 0 Å². The molecule has 0 aliphatic rings. The topological polar surface area (TPSA) is 44.2 Å². The van der Waals surface area contributed by atoms with E-state index in [0.29, 0.717) is 12.6 Å². The SMILES string of the molecule is CCCOCCCCCOc1ncccn1. The average Bonchev–Trinajstić information content (AvgIpc) is 2.34. The highest BCUT2D eigenvalue weighted by Crippen LogP contribution is 2.01. The minimum absolute atomic E-state index is 0.463. The minimum Gasteiger partial charge on any atom is -0.463 e. The molecular formula is C12H20N2O2. The Balaban J connectivity index is 1.89. The number of hydrogen-bond acceptors (Lipinski definition) is 4. The van der Waals surface area contributed by atoms with Gasteiger partial charge in [-0.25, -0.2) is 9.97 Å². The van der Waals surface area contributed by atoms with Crippen molar-refractivity contribution >= 4 is 0 Å². The molecule has 0 N–H and O–H groups in total. The summed E-state index contributed by atoms with van der Waals surface area (Å²) < 4.78 is 10.8. The molecule has 90 valence electrons. The van der Waals surface area contributed by atoms with Crippen molar-refractivity contribution < 1.29 is 9.47 Å². The van der Waals surface area contributed by atoms with Gasteiger partial charge in [0.25, 0.3) is 0 Å². The molecule has 0 aliphatic heterocycles. The molecule has 4 nitrogen and oxygen atoms in total. The third-order valence-electron chi connectivity index (χ3n) is 2.05. The van der Waals surface area contributed by atoms with Crippen molar-refractivity contribution in [3.05, 3.63) is 18.5 Å². The van der Waals surface area contributed by atoms with Crippen molar-refractivity contribution in [3.8, 4) is 6.01 Å². The molecule has 1 rings (SSSR count). The van der Waals surface area contributed by atoms with Crippen LogP contribution in [0.5, 0.6) is 6.01 Å². The third-order valence-corrected chi connectivity index (χ3v) is 2.05. The summed E-state index contributed by atoms with van der Waals surface area (Å²) in [5, 5.41) is 0. The number of rotatable bonds is 9. The summed E-state index contributed by atoms with van der Waals surface area (Å²) in [5.74, 6) is 0. The summed E-state index contributed by atoms with van der Waals surface area (Å²) in [7, 11) is 0. The number of unbranched alkanes of at least 4 members (excludes halogenated alkanes) is 2. The van der Waals surface area contributed by atoms with Gasteiger partial charge in [0.1, 0.15) is 0 Å². The molecule has 0 unspecified atom stereocenters. The number of aromatic nitrogens is 2. The summed E-state index contributed by atoms with van der Waals surface area (Å²) in [6, 6.07) is 2.24. The van der Waals surface area contributed by atoms with Crippen LogP contribution in [-0.2, 0) is 4.74 Å². The molecule has 1 aromatic rings. The lowest BCUT2D eigenvalue weighted by Gasteiger charge is -2.04. The maximum absolute atomic E-state index is 5.38. The summed E-state index contributed by atoms with van der Waals surface area (Å²) >= 11 is 0. The molecule has 0 bridgehead atoms. The molecule has 0 spiro atoms. The van der Waals surface area contributed by atoms with Crippen molar-refractivity contribution in [2.45, 2.75) is 32.6 Å². The Kier molecular flexibility index (Phi) is 7.34. The fourth-order valence-corrected chi connectivity index (χ4v) is 1.25. The molecule has 4 heteroatoms. The summed E-state index contributed by atoms with van der Waals surface area (Å²) in [5.41, 5.74) is 0. The van der Waals surface area contributed by atoms with E-state index in [9.17, 15) is 0 Å². The molecule has 1 aromatic heterocycles. The third kappa shape index (κ3) is 6.35. The van der Waals surface area contributed by atoms with Crippen molar-refractivity contribution in [2.24, 2.45) is 0 Å². The number of hydrogen-bond donors (Lipinski definition) is 0. The van der Waals surface area contributed by atoms with Crippen molar-refractivity contribution in [1.82, 2.24) is 9.97 Å². The zero-order valence-corrected chi connectivity index (χ0v) is 9.89. The second kappa shape index (κ2) is 9.09. The molecule has 0 aliphatic carbocycles. The number of ether oxygens (including phenoxy) is 2. The molecule has 0 atom stereocenters. The fourth-order valence-electron chi connectivity index (χ4n) is 1.25. The van der Waals surface area contributed by atoms with Gasteiger partial charge in [-0.2, -0.15) is 0 Å². The summed E-state index contributed by atoms with van der Waals surface area (Å²) in [6.07, 6.45) is 7.69. The zero-order valence-electron chi connectivity index (χ0n) is 9.89. The van der Waals surface area contributed by atoms with E-state index in [1.54, 1.807) is 18.5 Å². The maximum atomic E-state index is 5.38. The van der Waals surface area contributed by atoms with Gasteiger partial charge in [-0.1, -0.05) is 6.92 Å². The number of nitrogens with zero attached hydrogens (tertiary/aromatic N) is 2. The lowest BCUT2D eigenvalue weighted by Crippen LogP contribution is -2.02. The Morgan fingerprint density at radius 2 is 1.75 bits per heavy atom. The van der Waals surface area contributed by atoms with Crippen LogP contribution in [0.15, 0.2) is 18.5 Å². The molecular weight excluding hydrogens is 204 g/mol. The highest BCUT2D eigenvalue weighted by molar-refractivity contribution is 4.92. The smallest absolute Gasteiger partial charge is 0.316 e. The van der Waals surface area contributed by atoms with Crippen molar-refractivity contribution in [3.63, 3.8) is 0 Å². The van der Waals surface area contributed by atoms with Gasteiger partial charge in [0.15, 0.2) is 0 Å². The highest BCUT2D eigenvalue weighted by atomic mass is 16.5. The highest BCUT2D eigenvalue weighted by Gasteiger charge is 1.95. The molecule has 0 saturated carbocycles. The predicted octanol–water partition coefficient (Wildman–Crippen LogP) is 2.45. The van der Waals surface area contributed by atoms with Gasteiger partial charge in [-0.15, -0.1) is 0 Å². The zero-order chi connectivity index (χ0) is 11.5. The van der Waals surface area contributed by atoms with E-state index in [4.69, 9.17) is 9.47 Å². The van der Waals surface area contributed by atoms with E-state index in [0.717, 1.165) is 38.9 Å². The first kappa shape index (κ1) is 12.9. The van der Waals surface area contributed by atoms with Crippen LogP contribution in [0.4, 0.5) is 0 Å². The Bertz CT molecular complexity index is 254. The fraction of sp³-hybridized carbons (Fsp3) is 0.667. The standard InChI is InChI=1S/C12H20N2O2/c1-2-9-15-10-4-3-5-11-16-12-13-7-6-8-14-12/h6-8H,2-5,9-11H2,1H3. The van der Waals surface area contributed by atoms with Gasteiger partial charge in [0, 0.05) is 25.6 Å². The molecule has 1 heterocycles. The molecule has 0 amide bonds. The van der Waals surface area contributed by atoms with Gasteiger partial charge in [0.05, 0.1) is 6.61 Å². The van der Waals surface area contributed by atoms with Crippen LogP contribution >= 0.6 is 0 Å². The second-order valence-corrected chi connectivity index (χ2v) is 3.55. The predicted molar refractivity (Wildman–Crippen MR) is 62.5 cm³/mol. The molecule has 16 heavy (non-hydrogen) atoms. The molecule has 0 aromatic carbocycles. The normalized spacial score (nSPS) is 10.3. The first-order valence-electron chi connectivity index (χ1n) is 5.91. The first-order valence-corrected chi connectivity index (χ1v) is 5.91. The van der Waals surface area contributed by atoms with Gasteiger partial charge >= 0.3 is 6.01 Å². The van der Waals surface area contributed by atoms with Gasteiger partial charge in [-0.05, 0) is 31.7 Å². The van der Waals surface area contributed by atoms with E-state index in [2.05, 4.69) is 16.9 Å². The molecule has 0 radical (unpaired) electrons. The quantitative estimate of drug-likeness (QED) is 0.604. The van der Waals surface area contributed by atoms with E-state index in [-0.39, 0.29) is 0 Å². The second-order valence-electron chi connectivity index (χ2n) is 3.55. The van der Waals surface area contributed by atoms with Crippen LogP contribution in [0, 0.1) is 0 Å². The van der Waals surface area contributed by atoms with Crippen LogP contribution in [0.25, 0.3) is 0 Å². The Labute approximate surface area is 97.0 Å². The summed E-state index contributed by atoms with van der Waals surface area (Å²) in [6.45, 7) is 4.52. The lowest BCUT2D eigenvalue weighted by atomic mass is 10.2.